The Kier molecular flexibility index (Phi) is 43.5. The molecule has 0 aromatic rings. The fourth-order valence-electron chi connectivity index (χ4n) is 7.37. The van der Waals surface area contributed by atoms with E-state index >= 15 is 0 Å². The van der Waals surface area contributed by atoms with Crippen LogP contribution in [-0.2, 0) is 32.7 Å². The molecule has 11 nitrogen and oxygen atoms in total. The summed E-state index contributed by atoms with van der Waals surface area (Å²) in [6.07, 6.45) is 46.6. The number of aliphatic carboxylic acids is 1. The van der Waals surface area contributed by atoms with Crippen molar-refractivity contribution in [1.82, 2.24) is 5.32 Å². The zero-order chi connectivity index (χ0) is 44.9. The van der Waals surface area contributed by atoms with Crippen molar-refractivity contribution in [1.29, 1.82) is 0 Å². The number of amides is 1. The molecule has 0 saturated carbocycles. The third-order valence-corrected chi connectivity index (χ3v) is 12.3. The number of esters is 1. The lowest BCUT2D eigenvalue weighted by atomic mass is 10.0. The highest BCUT2D eigenvalue weighted by atomic mass is 31.2. The molecule has 3 unspecified atom stereocenters. The molecule has 0 spiro atoms. The Morgan fingerprint density at radius 1 is 0.508 bits per heavy atom. The quantitative estimate of drug-likeness (QED) is 0.0200. The number of rotatable bonds is 48. The number of carboxylic acid groups (broad SMARTS) is 1. The summed E-state index contributed by atoms with van der Waals surface area (Å²) in [5.74, 6) is -2.36. The van der Waals surface area contributed by atoms with Gasteiger partial charge in [-0.05, 0) is 38.5 Å². The molecule has 0 aliphatic carbocycles. The first-order valence-electron chi connectivity index (χ1n) is 25.2. The highest BCUT2D eigenvalue weighted by Crippen LogP contribution is 2.43. The van der Waals surface area contributed by atoms with Crippen LogP contribution >= 0.6 is 7.82 Å². The maximum absolute atomic E-state index is 12.3. The normalized spacial score (nSPS) is 13.6. The van der Waals surface area contributed by atoms with Crippen molar-refractivity contribution in [3.05, 3.63) is 12.2 Å². The van der Waals surface area contributed by atoms with Crippen LogP contribution in [0.2, 0.25) is 0 Å². The number of carbonyl (C=O) groups is 3. The number of aliphatic hydroxyl groups is 1. The van der Waals surface area contributed by atoms with Crippen molar-refractivity contribution in [2.24, 2.45) is 0 Å². The van der Waals surface area contributed by atoms with E-state index in [0.717, 1.165) is 51.4 Å². The zero-order valence-electron chi connectivity index (χ0n) is 39.2. The third-order valence-electron chi connectivity index (χ3n) is 11.3. The molecule has 3 atom stereocenters. The number of carbonyl (C=O) groups excluding carboxylic acids is 2. The van der Waals surface area contributed by atoms with Crippen molar-refractivity contribution in [3.8, 4) is 0 Å². The summed E-state index contributed by atoms with van der Waals surface area (Å²) in [6, 6.07) is -1.55. The Morgan fingerprint density at radius 3 is 1.25 bits per heavy atom. The highest BCUT2D eigenvalue weighted by molar-refractivity contribution is 7.47. The van der Waals surface area contributed by atoms with E-state index in [9.17, 15) is 34.1 Å². The van der Waals surface area contributed by atoms with Crippen LogP contribution in [0.1, 0.15) is 251 Å². The lowest BCUT2D eigenvalue weighted by Crippen LogP contribution is -2.43. The number of phosphoric ester groups is 1. The molecular formula is C49H94NO10P. The molecule has 0 rings (SSSR count). The topological polar surface area (TPSA) is 169 Å². The van der Waals surface area contributed by atoms with Gasteiger partial charge in [-0.1, -0.05) is 212 Å². The summed E-state index contributed by atoms with van der Waals surface area (Å²) in [6.45, 7) is 2.64. The lowest BCUT2D eigenvalue weighted by Gasteiger charge is -2.18. The van der Waals surface area contributed by atoms with E-state index in [1.807, 2.05) is 0 Å². The van der Waals surface area contributed by atoms with Gasteiger partial charge in [-0.2, -0.15) is 0 Å². The van der Waals surface area contributed by atoms with Crippen molar-refractivity contribution < 1.29 is 47.8 Å². The third kappa shape index (κ3) is 44.6. The number of allylic oxidation sites excluding steroid dienone is 2. The number of nitrogens with one attached hydrogen (secondary N) is 1. The Morgan fingerprint density at radius 2 is 0.852 bits per heavy atom. The molecule has 0 aliphatic rings. The van der Waals surface area contributed by atoms with Gasteiger partial charge >= 0.3 is 19.8 Å². The fraction of sp³-hybridized carbons (Fsp3) is 0.898. The summed E-state index contributed by atoms with van der Waals surface area (Å²) in [7, 11) is -4.76. The molecule has 4 N–H and O–H groups in total. The maximum atomic E-state index is 12.3. The molecule has 0 aromatic carbocycles. The van der Waals surface area contributed by atoms with Crippen molar-refractivity contribution >= 4 is 25.7 Å². The van der Waals surface area contributed by atoms with Gasteiger partial charge in [0.05, 0.1) is 13.2 Å². The van der Waals surface area contributed by atoms with Gasteiger partial charge in [-0.3, -0.25) is 18.6 Å². The van der Waals surface area contributed by atoms with Crippen molar-refractivity contribution in [3.63, 3.8) is 0 Å². The minimum atomic E-state index is -4.76. The summed E-state index contributed by atoms with van der Waals surface area (Å²) in [5.41, 5.74) is 0. The minimum absolute atomic E-state index is 0.144. The van der Waals surface area contributed by atoms with Gasteiger partial charge in [0.2, 0.25) is 5.91 Å². The van der Waals surface area contributed by atoms with Crippen LogP contribution in [0.25, 0.3) is 0 Å². The molecule has 0 aromatic heterocycles. The number of phosphoric acid groups is 1. The number of hydrogen-bond donors (Lipinski definition) is 4. The van der Waals surface area contributed by atoms with Gasteiger partial charge in [-0.15, -0.1) is 0 Å². The van der Waals surface area contributed by atoms with Gasteiger partial charge < -0.3 is 25.2 Å². The van der Waals surface area contributed by atoms with E-state index in [4.69, 9.17) is 13.8 Å². The van der Waals surface area contributed by atoms with Crippen LogP contribution in [0.15, 0.2) is 12.2 Å². The molecule has 360 valence electrons. The molecule has 1 amide bonds. The SMILES string of the molecule is CCCCCCCCC/C=C\CCCCCCCCCC(=O)NC(COP(=O)(O)OCC(O)COC(=O)CCCCCCCCCCCCCCCCCCCCC)C(=O)O. The summed E-state index contributed by atoms with van der Waals surface area (Å²) >= 11 is 0. The van der Waals surface area contributed by atoms with Crippen molar-refractivity contribution in [2.75, 3.05) is 19.8 Å². The average molecular weight is 888 g/mol. The Labute approximate surface area is 373 Å². The smallest absolute Gasteiger partial charge is 0.472 e. The predicted molar refractivity (Wildman–Crippen MR) is 250 cm³/mol. The second-order valence-corrected chi connectivity index (χ2v) is 18.8. The van der Waals surface area contributed by atoms with Gasteiger partial charge in [0.25, 0.3) is 0 Å². The molecule has 0 fully saturated rings. The molecule has 0 bridgehead atoms. The predicted octanol–water partition coefficient (Wildman–Crippen LogP) is 13.6. The van der Waals surface area contributed by atoms with Gasteiger partial charge in [0.1, 0.15) is 12.7 Å². The van der Waals surface area contributed by atoms with Crippen LogP contribution < -0.4 is 5.32 Å². The van der Waals surface area contributed by atoms with E-state index in [-0.39, 0.29) is 12.8 Å². The number of ether oxygens (including phenoxy) is 1. The van der Waals surface area contributed by atoms with Crippen LogP contribution in [0.3, 0.4) is 0 Å². The van der Waals surface area contributed by atoms with E-state index in [1.54, 1.807) is 0 Å². The lowest BCUT2D eigenvalue weighted by molar-refractivity contribution is -0.147. The summed E-state index contributed by atoms with van der Waals surface area (Å²) in [5, 5.41) is 21.9. The summed E-state index contributed by atoms with van der Waals surface area (Å²) in [4.78, 5) is 46.1. The Hall–Kier alpha value is -1.78. The highest BCUT2D eigenvalue weighted by Gasteiger charge is 2.28. The van der Waals surface area contributed by atoms with Crippen LogP contribution in [-0.4, -0.2) is 64.9 Å². The largest absolute Gasteiger partial charge is 0.480 e. The molecule has 0 aliphatic heterocycles. The number of unbranched alkanes of at least 4 members (excludes halogenated alkanes) is 32. The van der Waals surface area contributed by atoms with Crippen molar-refractivity contribution in [2.45, 2.75) is 264 Å². The first kappa shape index (κ1) is 59.2. The van der Waals surface area contributed by atoms with E-state index < -0.39 is 57.6 Å². The van der Waals surface area contributed by atoms with E-state index in [1.165, 1.54) is 161 Å². The van der Waals surface area contributed by atoms with Gasteiger partial charge in [0.15, 0.2) is 6.04 Å². The first-order chi connectivity index (χ1) is 29.6. The maximum Gasteiger partial charge on any atom is 0.472 e. The minimum Gasteiger partial charge on any atom is -0.480 e. The first-order valence-corrected chi connectivity index (χ1v) is 26.7. The molecule has 0 radical (unpaired) electrons. The Bertz CT molecular complexity index is 1090. The number of aliphatic hydroxyl groups excluding tert-OH is 1. The van der Waals surface area contributed by atoms with Gasteiger partial charge in [-0.25, -0.2) is 9.36 Å². The molecule has 0 heterocycles. The van der Waals surface area contributed by atoms with Gasteiger partial charge in [0, 0.05) is 12.8 Å². The fourth-order valence-corrected chi connectivity index (χ4v) is 8.14. The van der Waals surface area contributed by atoms with E-state index in [0.29, 0.717) is 12.8 Å². The Balaban J connectivity index is 3.81. The van der Waals surface area contributed by atoms with E-state index in [2.05, 4.69) is 31.3 Å². The number of hydrogen-bond acceptors (Lipinski definition) is 8. The molecular weight excluding hydrogens is 794 g/mol. The molecule has 12 heteroatoms. The molecule has 0 saturated heterocycles. The second-order valence-electron chi connectivity index (χ2n) is 17.4. The second kappa shape index (κ2) is 44.8. The zero-order valence-corrected chi connectivity index (χ0v) is 40.1. The number of carboxylic acids is 1. The monoisotopic (exact) mass is 888 g/mol. The van der Waals surface area contributed by atoms with Crippen LogP contribution in [0, 0.1) is 0 Å². The van der Waals surface area contributed by atoms with Crippen LogP contribution in [0.5, 0.6) is 0 Å². The van der Waals surface area contributed by atoms with Crippen LogP contribution in [0.4, 0.5) is 0 Å². The average Bonchev–Trinajstić information content (AvgIpc) is 3.24. The molecule has 61 heavy (non-hydrogen) atoms. The summed E-state index contributed by atoms with van der Waals surface area (Å²) < 4.78 is 26.9. The standard InChI is InChI=1S/C49H94NO10P/c1-3-5-7-9-11-13-15-17-19-21-23-25-27-29-31-33-35-37-39-41-48(53)58-42-45(51)43-59-61(56,57)60-44-46(49(54)55)50-47(52)40-38-36-34-32-30-28-26-24-22-20-18-16-14-12-10-8-6-4-2/h20,22,45-46,51H,3-19,21,23-44H2,1-2H3,(H,50,52)(H,54,55)(H,56,57)/b22-20-.